The smallest absolute Gasteiger partial charge is 0.185 e. The van der Waals surface area contributed by atoms with E-state index in [1.54, 1.807) is 43.5 Å². The molecule has 1 aliphatic rings. The van der Waals surface area contributed by atoms with Gasteiger partial charge in [-0.05, 0) is 49.0 Å². The molecule has 3 rings (SSSR count). The van der Waals surface area contributed by atoms with Gasteiger partial charge in [-0.15, -0.1) is 0 Å². The van der Waals surface area contributed by atoms with Gasteiger partial charge in [-0.25, -0.2) is 0 Å². The topological polar surface area (TPSA) is 53.0 Å². The van der Waals surface area contributed by atoms with Crippen LogP contribution in [0.3, 0.4) is 0 Å². The van der Waals surface area contributed by atoms with Crippen LogP contribution in [0.25, 0.3) is 6.08 Å². The Kier molecular flexibility index (Phi) is 6.27. The Morgan fingerprint density at radius 3 is 2.44 bits per heavy atom. The minimum absolute atomic E-state index is 0.0846. The van der Waals surface area contributed by atoms with Crippen LogP contribution in [0.4, 0.5) is 0 Å². The Hall–Kier alpha value is -2.63. The minimum atomic E-state index is -0.0846. The molecular weight excluding hydrogens is 340 g/mol. The summed E-state index contributed by atoms with van der Waals surface area (Å²) in [5, 5.41) is 10.3. The van der Waals surface area contributed by atoms with E-state index in [4.69, 9.17) is 4.74 Å². The third-order valence-corrected chi connectivity index (χ3v) is 4.90. The van der Waals surface area contributed by atoms with Gasteiger partial charge in [-0.2, -0.15) is 0 Å². The van der Waals surface area contributed by atoms with Crippen LogP contribution < -0.4 is 4.74 Å². The molecule has 2 aromatic rings. The van der Waals surface area contributed by atoms with E-state index < -0.39 is 0 Å². The van der Waals surface area contributed by atoms with Crippen molar-refractivity contribution in [2.24, 2.45) is 0 Å². The summed E-state index contributed by atoms with van der Waals surface area (Å²) in [6.45, 7) is 4.86. The standard InChI is InChI=1S/C22H26N2O3/c1-23-11-13-24(14-12-23)16-19-5-3-17(15-22(19)26)4-10-21(25)18-6-8-20(27-2)9-7-18/h3-10,15,26H,11-14,16H2,1-2H3/b10-4+. The van der Waals surface area contributed by atoms with Gasteiger partial charge >= 0.3 is 0 Å². The van der Waals surface area contributed by atoms with E-state index in [2.05, 4.69) is 16.8 Å². The summed E-state index contributed by atoms with van der Waals surface area (Å²) in [4.78, 5) is 16.9. The number of hydrogen-bond donors (Lipinski definition) is 1. The second kappa shape index (κ2) is 8.84. The number of carbonyl (C=O) groups excluding carboxylic acids is 1. The summed E-state index contributed by atoms with van der Waals surface area (Å²) in [5.41, 5.74) is 2.32. The summed E-state index contributed by atoms with van der Waals surface area (Å²) >= 11 is 0. The molecule has 5 nitrogen and oxygen atoms in total. The SMILES string of the molecule is COc1ccc(C(=O)/C=C/c2ccc(CN3CCN(C)CC3)c(O)c2)cc1. The molecule has 1 fully saturated rings. The zero-order valence-corrected chi connectivity index (χ0v) is 15.9. The van der Waals surface area contributed by atoms with Gasteiger partial charge in [0.25, 0.3) is 0 Å². The summed E-state index contributed by atoms with van der Waals surface area (Å²) < 4.78 is 5.10. The van der Waals surface area contributed by atoms with Crippen LogP contribution in [0, 0.1) is 0 Å². The van der Waals surface area contributed by atoms with Crippen molar-refractivity contribution in [2.75, 3.05) is 40.3 Å². The maximum atomic E-state index is 12.3. The highest BCUT2D eigenvalue weighted by Crippen LogP contribution is 2.22. The predicted molar refractivity (Wildman–Crippen MR) is 107 cm³/mol. The molecule has 0 aromatic heterocycles. The highest BCUT2D eigenvalue weighted by atomic mass is 16.5. The van der Waals surface area contributed by atoms with Gasteiger partial charge in [-0.1, -0.05) is 18.2 Å². The molecule has 0 bridgehead atoms. The molecule has 1 saturated heterocycles. The first-order chi connectivity index (χ1) is 13.0. The summed E-state index contributed by atoms with van der Waals surface area (Å²) in [5.74, 6) is 0.906. The fraction of sp³-hybridized carbons (Fsp3) is 0.318. The van der Waals surface area contributed by atoms with E-state index in [1.165, 1.54) is 6.08 Å². The van der Waals surface area contributed by atoms with Gasteiger partial charge in [0.15, 0.2) is 5.78 Å². The number of ketones is 1. The van der Waals surface area contributed by atoms with Crippen LogP contribution in [-0.4, -0.2) is 61.0 Å². The largest absolute Gasteiger partial charge is 0.508 e. The highest BCUT2D eigenvalue weighted by molar-refractivity contribution is 6.06. The first kappa shape index (κ1) is 19.1. The third-order valence-electron chi connectivity index (χ3n) is 4.90. The average molecular weight is 366 g/mol. The Bertz CT molecular complexity index is 807. The summed E-state index contributed by atoms with van der Waals surface area (Å²) in [7, 11) is 3.72. The molecule has 0 amide bonds. The van der Waals surface area contributed by atoms with Crippen LogP contribution >= 0.6 is 0 Å². The van der Waals surface area contributed by atoms with Crippen molar-refractivity contribution < 1.29 is 14.6 Å². The van der Waals surface area contributed by atoms with E-state index in [1.807, 2.05) is 12.1 Å². The number of likely N-dealkylation sites (N-methyl/N-ethyl adjacent to an activating group) is 1. The van der Waals surface area contributed by atoms with Gasteiger partial charge in [0, 0.05) is 43.9 Å². The zero-order chi connectivity index (χ0) is 19.2. The maximum Gasteiger partial charge on any atom is 0.185 e. The zero-order valence-electron chi connectivity index (χ0n) is 15.9. The normalized spacial score (nSPS) is 15.9. The number of rotatable bonds is 6. The van der Waals surface area contributed by atoms with Gasteiger partial charge in [0.1, 0.15) is 11.5 Å². The van der Waals surface area contributed by atoms with Crippen molar-refractivity contribution in [3.8, 4) is 11.5 Å². The van der Waals surface area contributed by atoms with E-state index in [0.717, 1.165) is 49.6 Å². The monoisotopic (exact) mass is 366 g/mol. The molecular formula is C22H26N2O3. The summed E-state index contributed by atoms with van der Waals surface area (Å²) in [6, 6.07) is 12.6. The number of phenols is 1. The molecule has 2 aromatic carbocycles. The Balaban J connectivity index is 1.62. The molecule has 0 spiro atoms. The van der Waals surface area contributed by atoms with Crippen molar-refractivity contribution in [1.82, 2.24) is 9.80 Å². The quantitative estimate of drug-likeness (QED) is 0.629. The second-order valence-electron chi connectivity index (χ2n) is 6.89. The number of ether oxygens (including phenoxy) is 1. The number of methoxy groups -OCH3 is 1. The first-order valence-electron chi connectivity index (χ1n) is 9.14. The number of carbonyl (C=O) groups is 1. The van der Waals surface area contributed by atoms with Gasteiger partial charge in [-0.3, -0.25) is 9.69 Å². The summed E-state index contributed by atoms with van der Waals surface area (Å²) in [6.07, 6.45) is 3.25. The fourth-order valence-electron chi connectivity index (χ4n) is 3.09. The lowest BCUT2D eigenvalue weighted by molar-refractivity contribution is 0.104. The van der Waals surface area contributed by atoms with Crippen LogP contribution in [0.5, 0.6) is 11.5 Å². The number of allylic oxidation sites excluding steroid dienone is 1. The molecule has 5 heteroatoms. The maximum absolute atomic E-state index is 12.3. The van der Waals surface area contributed by atoms with Gasteiger partial charge in [0.05, 0.1) is 7.11 Å². The Morgan fingerprint density at radius 1 is 1.11 bits per heavy atom. The van der Waals surface area contributed by atoms with Gasteiger partial charge in [0.2, 0.25) is 0 Å². The molecule has 27 heavy (non-hydrogen) atoms. The second-order valence-corrected chi connectivity index (χ2v) is 6.89. The Morgan fingerprint density at radius 2 is 1.81 bits per heavy atom. The molecule has 0 atom stereocenters. The number of hydrogen-bond acceptors (Lipinski definition) is 5. The predicted octanol–water partition coefficient (Wildman–Crippen LogP) is 3.04. The van der Waals surface area contributed by atoms with Crippen molar-refractivity contribution >= 4 is 11.9 Å². The van der Waals surface area contributed by atoms with Gasteiger partial charge < -0.3 is 14.7 Å². The molecule has 1 heterocycles. The van der Waals surface area contributed by atoms with Crippen molar-refractivity contribution in [1.29, 1.82) is 0 Å². The minimum Gasteiger partial charge on any atom is -0.508 e. The number of benzene rings is 2. The van der Waals surface area contributed by atoms with Crippen molar-refractivity contribution in [2.45, 2.75) is 6.54 Å². The number of nitrogens with zero attached hydrogens (tertiary/aromatic N) is 2. The molecule has 0 aliphatic carbocycles. The first-order valence-corrected chi connectivity index (χ1v) is 9.14. The lowest BCUT2D eigenvalue weighted by Crippen LogP contribution is -2.43. The molecule has 0 unspecified atom stereocenters. The average Bonchev–Trinajstić information content (AvgIpc) is 2.69. The van der Waals surface area contributed by atoms with Crippen molar-refractivity contribution in [3.63, 3.8) is 0 Å². The Labute approximate surface area is 160 Å². The van der Waals surface area contributed by atoms with Crippen LogP contribution in [-0.2, 0) is 6.54 Å². The molecule has 142 valence electrons. The fourth-order valence-corrected chi connectivity index (χ4v) is 3.09. The molecule has 1 N–H and O–H groups in total. The number of piperazine rings is 1. The highest BCUT2D eigenvalue weighted by Gasteiger charge is 2.15. The van der Waals surface area contributed by atoms with E-state index in [9.17, 15) is 9.90 Å². The molecule has 0 saturated carbocycles. The lowest BCUT2D eigenvalue weighted by Gasteiger charge is -2.32. The van der Waals surface area contributed by atoms with E-state index in [-0.39, 0.29) is 11.5 Å². The molecule has 1 aliphatic heterocycles. The lowest BCUT2D eigenvalue weighted by atomic mass is 10.1. The molecule has 0 radical (unpaired) electrons. The van der Waals surface area contributed by atoms with E-state index in [0.29, 0.717) is 5.56 Å². The van der Waals surface area contributed by atoms with E-state index >= 15 is 0 Å². The van der Waals surface area contributed by atoms with Crippen LogP contribution in [0.15, 0.2) is 48.5 Å². The number of aromatic hydroxyl groups is 1. The van der Waals surface area contributed by atoms with Crippen LogP contribution in [0.2, 0.25) is 0 Å². The van der Waals surface area contributed by atoms with Crippen LogP contribution in [0.1, 0.15) is 21.5 Å². The van der Waals surface area contributed by atoms with Crippen molar-refractivity contribution in [3.05, 3.63) is 65.2 Å². The number of phenolic OH excluding ortho intramolecular Hbond substituents is 1. The third kappa shape index (κ3) is 5.18.